The molecule has 6 rings (SSSR count). The first-order chi connectivity index (χ1) is 19.2. The van der Waals surface area contributed by atoms with Gasteiger partial charge in [0.2, 0.25) is 11.8 Å². The van der Waals surface area contributed by atoms with Crippen molar-refractivity contribution in [1.82, 2.24) is 4.90 Å². The van der Waals surface area contributed by atoms with Gasteiger partial charge in [-0.05, 0) is 24.3 Å². The molecule has 3 aromatic carbocycles. The van der Waals surface area contributed by atoms with Crippen molar-refractivity contribution >= 4 is 29.1 Å². The molecule has 200 valence electrons. The van der Waals surface area contributed by atoms with E-state index >= 15 is 0 Å². The van der Waals surface area contributed by atoms with Crippen molar-refractivity contribution in [2.75, 3.05) is 4.90 Å². The Morgan fingerprint density at radius 1 is 0.750 bits per heavy atom. The Labute approximate surface area is 227 Å². The fourth-order valence-electron chi connectivity index (χ4n) is 5.80. The molecule has 40 heavy (non-hydrogen) atoms. The minimum Gasteiger partial charge on any atom is -0.359 e. The summed E-state index contributed by atoms with van der Waals surface area (Å²) < 4.78 is 40.3. The number of hydrogen-bond donors (Lipinski definition) is 0. The Kier molecular flexibility index (Phi) is 6.02. The van der Waals surface area contributed by atoms with Gasteiger partial charge < -0.3 is 4.90 Å². The molecule has 0 saturated carbocycles. The zero-order valence-corrected chi connectivity index (χ0v) is 20.8. The Bertz CT molecular complexity index is 1600. The van der Waals surface area contributed by atoms with Crippen LogP contribution in [0.25, 0.3) is 0 Å². The van der Waals surface area contributed by atoms with Gasteiger partial charge in [-0.25, -0.2) is 4.90 Å². The average molecular weight is 543 g/mol. The Balaban J connectivity index is 1.43. The van der Waals surface area contributed by atoms with Crippen LogP contribution in [-0.2, 0) is 15.8 Å². The smallest absolute Gasteiger partial charge is 0.359 e. The van der Waals surface area contributed by atoms with Crippen molar-refractivity contribution in [1.29, 1.82) is 0 Å². The molecule has 0 bridgehead atoms. The quantitative estimate of drug-likeness (QED) is 0.332. The van der Waals surface area contributed by atoms with Crippen LogP contribution in [0.2, 0.25) is 0 Å². The molecule has 2 saturated heterocycles. The second-order valence-corrected chi connectivity index (χ2v) is 9.86. The van der Waals surface area contributed by atoms with Gasteiger partial charge in [0.1, 0.15) is 6.04 Å². The number of carbonyl (C=O) groups excluding carboxylic acids is 4. The predicted octanol–water partition coefficient (Wildman–Crippen LogP) is 5.08. The second kappa shape index (κ2) is 9.44. The van der Waals surface area contributed by atoms with E-state index in [1.807, 2.05) is 0 Å². The minimum absolute atomic E-state index is 0.215. The van der Waals surface area contributed by atoms with Crippen LogP contribution in [0.4, 0.5) is 18.9 Å². The van der Waals surface area contributed by atoms with E-state index in [1.165, 1.54) is 6.07 Å². The van der Waals surface area contributed by atoms with Crippen LogP contribution in [-0.4, -0.2) is 40.4 Å². The molecule has 4 unspecified atom stereocenters. The van der Waals surface area contributed by atoms with E-state index in [-0.39, 0.29) is 17.0 Å². The second-order valence-electron chi connectivity index (χ2n) is 9.86. The summed E-state index contributed by atoms with van der Waals surface area (Å²) in [6.45, 7) is 0. The lowest BCUT2D eigenvalue weighted by Gasteiger charge is -2.33. The summed E-state index contributed by atoms with van der Waals surface area (Å²) in [5, 5.41) is 0. The molecule has 0 aromatic heterocycles. The molecule has 4 atom stereocenters. The Hall–Kier alpha value is -4.79. The van der Waals surface area contributed by atoms with Crippen LogP contribution in [0.15, 0.2) is 109 Å². The van der Waals surface area contributed by atoms with Gasteiger partial charge in [-0.15, -0.1) is 0 Å². The summed E-state index contributed by atoms with van der Waals surface area (Å²) >= 11 is 0. The number of allylic oxidation sites excluding steroid dienone is 2. The number of nitrogens with zero attached hydrogens (tertiary/aromatic N) is 2. The number of amides is 2. The number of rotatable bonds is 5. The van der Waals surface area contributed by atoms with Gasteiger partial charge in [0.05, 0.1) is 29.1 Å². The van der Waals surface area contributed by atoms with Crippen molar-refractivity contribution in [3.8, 4) is 0 Å². The third-order valence-corrected chi connectivity index (χ3v) is 7.60. The van der Waals surface area contributed by atoms with Crippen molar-refractivity contribution in [3.05, 3.63) is 126 Å². The van der Waals surface area contributed by atoms with Crippen molar-refractivity contribution in [2.45, 2.75) is 18.3 Å². The number of halogens is 3. The van der Waals surface area contributed by atoms with Gasteiger partial charge in [-0.3, -0.25) is 19.2 Å². The fraction of sp³-hybridized carbons (Fsp3) is 0.161. The summed E-state index contributed by atoms with van der Waals surface area (Å²) in [6.07, 6.45) is 0.00746. The zero-order chi connectivity index (χ0) is 28.2. The number of hydrogen-bond acceptors (Lipinski definition) is 5. The molecule has 0 aliphatic carbocycles. The van der Waals surface area contributed by atoms with Gasteiger partial charge in [0, 0.05) is 22.9 Å². The van der Waals surface area contributed by atoms with Crippen molar-refractivity contribution in [2.24, 2.45) is 11.8 Å². The van der Waals surface area contributed by atoms with E-state index in [9.17, 15) is 32.3 Å². The molecule has 2 amide bonds. The first kappa shape index (κ1) is 25.5. The van der Waals surface area contributed by atoms with E-state index in [0.717, 1.165) is 23.1 Å². The highest BCUT2D eigenvalue weighted by Gasteiger charge is 2.63. The summed E-state index contributed by atoms with van der Waals surface area (Å²) in [7, 11) is 0. The highest BCUT2D eigenvalue weighted by molar-refractivity contribution is 6.25. The Morgan fingerprint density at radius 2 is 1.38 bits per heavy atom. The number of benzene rings is 3. The SMILES string of the molecule is O=C(C1=CC2C3C(=O)N(c4cccc(C(F)(F)F)c4)C(=O)C3C(C(=O)c3ccccc3)N2C=C1)c1ccccc1. The fourth-order valence-corrected chi connectivity index (χ4v) is 5.80. The Morgan fingerprint density at radius 3 is 2.02 bits per heavy atom. The average Bonchev–Trinajstić information content (AvgIpc) is 3.44. The van der Waals surface area contributed by atoms with Gasteiger partial charge in [-0.2, -0.15) is 13.2 Å². The molecule has 2 fully saturated rings. The molecule has 0 N–H and O–H groups in total. The number of ketones is 2. The molecular weight excluding hydrogens is 521 g/mol. The predicted molar refractivity (Wildman–Crippen MR) is 139 cm³/mol. The van der Waals surface area contributed by atoms with E-state index in [2.05, 4.69) is 0 Å². The number of Topliss-reactive ketones (excluding diaryl/α,β-unsaturated/α-hetero) is 2. The first-order valence-electron chi connectivity index (χ1n) is 12.6. The first-order valence-corrected chi connectivity index (χ1v) is 12.6. The molecule has 6 nitrogen and oxygen atoms in total. The van der Waals surface area contributed by atoms with Gasteiger partial charge >= 0.3 is 6.18 Å². The van der Waals surface area contributed by atoms with Crippen LogP contribution >= 0.6 is 0 Å². The van der Waals surface area contributed by atoms with Gasteiger partial charge in [0.15, 0.2) is 11.6 Å². The molecule has 9 heteroatoms. The number of fused-ring (bicyclic) bond motifs is 3. The lowest BCUT2D eigenvalue weighted by Crippen LogP contribution is -2.46. The maximum atomic E-state index is 13.8. The van der Waals surface area contributed by atoms with E-state index in [4.69, 9.17) is 0 Å². The normalized spacial score (nSPS) is 23.6. The lowest BCUT2D eigenvalue weighted by molar-refractivity contribution is -0.137. The molecular formula is C31H21F3N2O4. The third-order valence-electron chi connectivity index (χ3n) is 7.60. The van der Waals surface area contributed by atoms with Crippen LogP contribution < -0.4 is 4.90 Å². The number of anilines is 1. The van der Waals surface area contributed by atoms with Gasteiger partial charge in [-0.1, -0.05) is 72.8 Å². The van der Waals surface area contributed by atoms with Gasteiger partial charge in [0.25, 0.3) is 0 Å². The van der Waals surface area contributed by atoms with Crippen LogP contribution in [0, 0.1) is 11.8 Å². The highest BCUT2D eigenvalue weighted by Crippen LogP contribution is 2.47. The van der Waals surface area contributed by atoms with Crippen molar-refractivity contribution in [3.63, 3.8) is 0 Å². The third kappa shape index (κ3) is 4.05. The van der Waals surface area contributed by atoms with Crippen molar-refractivity contribution < 1.29 is 32.3 Å². The molecule has 0 spiro atoms. The largest absolute Gasteiger partial charge is 0.416 e. The standard InChI is InChI=1S/C31H21F3N2O4/c32-31(33,34)21-12-7-13-22(17-21)36-29(39)24-23-16-20(27(37)18-8-3-1-4-9-18)14-15-35(23)26(25(24)30(36)40)28(38)19-10-5-2-6-11-19/h1-17,23-26H. The molecule has 3 aliphatic rings. The summed E-state index contributed by atoms with van der Waals surface area (Å²) in [4.78, 5) is 57.0. The minimum atomic E-state index is -4.68. The van der Waals surface area contributed by atoms with Crippen LogP contribution in [0.5, 0.6) is 0 Å². The number of carbonyl (C=O) groups is 4. The molecule has 3 aromatic rings. The molecule has 3 aliphatic heterocycles. The monoisotopic (exact) mass is 542 g/mol. The van der Waals surface area contributed by atoms with E-state index < -0.39 is 53.3 Å². The number of imide groups is 1. The van der Waals surface area contributed by atoms with Crippen LogP contribution in [0.1, 0.15) is 26.3 Å². The summed E-state index contributed by atoms with van der Waals surface area (Å²) in [5.74, 6) is -4.41. The molecule has 3 heterocycles. The molecule has 0 radical (unpaired) electrons. The summed E-state index contributed by atoms with van der Waals surface area (Å²) in [5.41, 5.74) is -0.173. The van der Waals surface area contributed by atoms with E-state index in [0.29, 0.717) is 11.1 Å². The van der Waals surface area contributed by atoms with Crippen LogP contribution in [0.3, 0.4) is 0 Å². The van der Waals surface area contributed by atoms with E-state index in [1.54, 1.807) is 83.9 Å². The maximum absolute atomic E-state index is 13.8. The topological polar surface area (TPSA) is 74.8 Å². The zero-order valence-electron chi connectivity index (χ0n) is 20.8. The number of alkyl halides is 3. The lowest BCUT2D eigenvalue weighted by atomic mass is 9.85. The maximum Gasteiger partial charge on any atom is 0.416 e. The summed E-state index contributed by atoms with van der Waals surface area (Å²) in [6, 6.07) is 18.9. The highest BCUT2D eigenvalue weighted by atomic mass is 19.4.